The lowest BCUT2D eigenvalue weighted by molar-refractivity contribution is -0.137. The molecule has 39 heavy (non-hydrogen) atoms. The van der Waals surface area contributed by atoms with E-state index >= 15 is 0 Å². The summed E-state index contributed by atoms with van der Waals surface area (Å²) < 4.78 is 46.1. The fourth-order valence-electron chi connectivity index (χ4n) is 4.65. The van der Waals surface area contributed by atoms with Crippen molar-refractivity contribution in [1.82, 2.24) is 20.2 Å². The fourth-order valence-corrected chi connectivity index (χ4v) is 4.65. The maximum Gasteiger partial charge on any atom is 0.416 e. The molecule has 1 atom stereocenters. The van der Waals surface area contributed by atoms with Crippen molar-refractivity contribution in [2.24, 2.45) is 5.73 Å². The van der Waals surface area contributed by atoms with Crippen molar-refractivity contribution in [2.45, 2.75) is 38.0 Å². The molecule has 2 saturated heterocycles. The number of nitrogens with one attached hydrogen (secondary N) is 2. The van der Waals surface area contributed by atoms with E-state index < -0.39 is 23.7 Å². The van der Waals surface area contributed by atoms with E-state index in [9.17, 15) is 22.8 Å². The number of anilines is 1. The van der Waals surface area contributed by atoms with Gasteiger partial charge in [0.25, 0.3) is 5.91 Å². The van der Waals surface area contributed by atoms with Crippen molar-refractivity contribution in [3.05, 3.63) is 65.4 Å². The van der Waals surface area contributed by atoms with Crippen molar-refractivity contribution in [2.75, 3.05) is 25.0 Å². The van der Waals surface area contributed by atoms with Crippen molar-refractivity contribution in [1.29, 1.82) is 0 Å². The Morgan fingerprint density at radius 2 is 1.85 bits per heavy atom. The largest absolute Gasteiger partial charge is 0.457 e. The van der Waals surface area contributed by atoms with Gasteiger partial charge >= 0.3 is 6.18 Å². The second-order valence-corrected chi connectivity index (χ2v) is 9.53. The zero-order valence-electron chi connectivity index (χ0n) is 20.9. The highest BCUT2D eigenvalue weighted by atomic mass is 19.4. The van der Waals surface area contributed by atoms with Crippen LogP contribution < -0.4 is 21.1 Å². The summed E-state index contributed by atoms with van der Waals surface area (Å²) in [5, 5.41) is 5.74. The predicted molar refractivity (Wildman–Crippen MR) is 137 cm³/mol. The number of carbonyl (C=O) groups excluding carboxylic acids is 2. The number of aromatic nitrogens is 2. The molecule has 2 aliphatic rings. The normalized spacial score (nSPS) is 17.7. The minimum atomic E-state index is -4.45. The molecule has 2 amide bonds. The molecular formula is C27H27F3N6O3. The fraction of sp³-hybridized carbons (Fsp3) is 0.333. The number of ether oxygens (including phenoxy) is 1. The Kier molecular flexibility index (Phi) is 7.38. The molecule has 2 aromatic carbocycles. The number of hydrogen-bond acceptors (Lipinski definition) is 7. The van der Waals surface area contributed by atoms with E-state index in [2.05, 4.69) is 25.5 Å². The molecule has 3 aromatic rings. The van der Waals surface area contributed by atoms with Crippen LogP contribution in [0.1, 0.15) is 40.9 Å². The number of carbonyl (C=O) groups is 2. The Hall–Kier alpha value is -4.19. The molecule has 0 radical (unpaired) electrons. The van der Waals surface area contributed by atoms with Crippen molar-refractivity contribution in [3.63, 3.8) is 0 Å². The molecule has 204 valence electrons. The highest BCUT2D eigenvalue weighted by Gasteiger charge is 2.31. The topological polar surface area (TPSA) is 122 Å². The molecule has 4 N–H and O–H groups in total. The van der Waals surface area contributed by atoms with E-state index in [1.807, 2.05) is 0 Å². The van der Waals surface area contributed by atoms with Crippen LogP contribution in [0.15, 0.2) is 48.5 Å². The average molecular weight is 541 g/mol. The predicted octanol–water partition coefficient (Wildman–Crippen LogP) is 3.95. The van der Waals surface area contributed by atoms with E-state index in [4.69, 9.17) is 10.5 Å². The number of amides is 2. The minimum absolute atomic E-state index is 0.0162. The lowest BCUT2D eigenvalue weighted by Crippen LogP contribution is -2.30. The summed E-state index contributed by atoms with van der Waals surface area (Å²) in [7, 11) is 0. The number of primary amides is 1. The van der Waals surface area contributed by atoms with Crippen LogP contribution in [0.2, 0.25) is 0 Å². The molecule has 3 heterocycles. The van der Waals surface area contributed by atoms with Gasteiger partial charge in [-0.05, 0) is 74.8 Å². The van der Waals surface area contributed by atoms with Gasteiger partial charge in [0.2, 0.25) is 5.91 Å². The maximum atomic E-state index is 13.4. The Balaban J connectivity index is 1.38. The molecule has 0 aliphatic carbocycles. The van der Waals surface area contributed by atoms with Gasteiger partial charge < -0.3 is 21.1 Å². The summed E-state index contributed by atoms with van der Waals surface area (Å²) >= 11 is 0. The monoisotopic (exact) mass is 540 g/mol. The number of nitrogens with zero attached hydrogens (tertiary/aromatic N) is 3. The molecule has 1 unspecified atom stereocenters. The van der Waals surface area contributed by atoms with Gasteiger partial charge in [-0.2, -0.15) is 13.2 Å². The second-order valence-electron chi connectivity index (χ2n) is 9.53. The summed E-state index contributed by atoms with van der Waals surface area (Å²) in [6.45, 7) is 2.56. The summed E-state index contributed by atoms with van der Waals surface area (Å²) in [6, 6.07) is 11.0. The highest BCUT2D eigenvalue weighted by molar-refractivity contribution is 5.92. The first-order chi connectivity index (χ1) is 18.7. The average Bonchev–Trinajstić information content (AvgIpc) is 3.56. The van der Waals surface area contributed by atoms with E-state index in [0.717, 1.165) is 38.1 Å². The Bertz CT molecular complexity index is 1370. The van der Waals surface area contributed by atoms with Crippen molar-refractivity contribution >= 4 is 17.6 Å². The molecule has 9 nitrogen and oxygen atoms in total. The smallest absolute Gasteiger partial charge is 0.416 e. The second kappa shape index (κ2) is 10.9. The van der Waals surface area contributed by atoms with E-state index in [1.165, 1.54) is 12.1 Å². The first-order valence-electron chi connectivity index (χ1n) is 12.6. The third kappa shape index (κ3) is 6.28. The molecule has 5 rings (SSSR count). The number of likely N-dealkylation sites (tertiary alicyclic amines) is 1. The van der Waals surface area contributed by atoms with Gasteiger partial charge in [0.05, 0.1) is 5.56 Å². The first kappa shape index (κ1) is 26.4. The first-order valence-corrected chi connectivity index (χ1v) is 12.6. The van der Waals surface area contributed by atoms with Crippen LogP contribution in [-0.2, 0) is 17.5 Å². The van der Waals surface area contributed by atoms with E-state index in [1.54, 1.807) is 24.3 Å². The highest BCUT2D eigenvalue weighted by Crippen LogP contribution is 2.35. The van der Waals surface area contributed by atoms with E-state index in [-0.39, 0.29) is 23.2 Å². The maximum absolute atomic E-state index is 13.4. The minimum Gasteiger partial charge on any atom is -0.457 e. The number of alkyl halides is 3. The van der Waals surface area contributed by atoms with Crippen LogP contribution >= 0.6 is 0 Å². The molecule has 0 bridgehead atoms. The SMILES string of the molecule is NC(=O)c1cc(NC2CCNC2=O)nc(-c2ccc(Oc3ccc(C(F)(F)F)cc3CN3CCCC3)cc2)n1. The van der Waals surface area contributed by atoms with Crippen LogP contribution in [0.5, 0.6) is 11.5 Å². The molecule has 2 aliphatic heterocycles. The third-order valence-electron chi connectivity index (χ3n) is 6.67. The lowest BCUT2D eigenvalue weighted by Gasteiger charge is -2.19. The lowest BCUT2D eigenvalue weighted by atomic mass is 10.1. The van der Waals surface area contributed by atoms with Gasteiger partial charge in [0, 0.05) is 30.3 Å². The Morgan fingerprint density at radius 1 is 1.10 bits per heavy atom. The van der Waals surface area contributed by atoms with E-state index in [0.29, 0.717) is 42.1 Å². The zero-order chi connectivity index (χ0) is 27.6. The molecule has 12 heteroatoms. The number of benzene rings is 2. The standard InChI is InChI=1S/C27H27F3N6O3/c28-27(29,30)18-5-8-22(17(13-18)15-36-11-1-2-12-36)39-19-6-3-16(4-7-19)25-34-21(24(31)37)14-23(35-25)33-20-9-10-32-26(20)38/h3-8,13-14,20H,1-2,9-12,15H2,(H2,31,37)(H,32,38)(H,33,34,35). The van der Waals surface area contributed by atoms with Gasteiger partial charge in [0.1, 0.15) is 29.1 Å². The summed E-state index contributed by atoms with van der Waals surface area (Å²) in [5.41, 5.74) is 5.73. The zero-order valence-corrected chi connectivity index (χ0v) is 20.9. The Morgan fingerprint density at radius 3 is 2.49 bits per heavy atom. The van der Waals surface area contributed by atoms with Gasteiger partial charge in [-0.1, -0.05) is 0 Å². The third-order valence-corrected chi connectivity index (χ3v) is 6.67. The molecule has 2 fully saturated rings. The molecule has 0 spiro atoms. The van der Waals surface area contributed by atoms with Crippen molar-refractivity contribution < 1.29 is 27.5 Å². The van der Waals surface area contributed by atoms with Gasteiger partial charge in [0.15, 0.2) is 5.82 Å². The van der Waals surface area contributed by atoms with Crippen LogP contribution in [0.25, 0.3) is 11.4 Å². The molecule has 1 aromatic heterocycles. The van der Waals surface area contributed by atoms with Crippen LogP contribution in [0, 0.1) is 0 Å². The van der Waals surface area contributed by atoms with Gasteiger partial charge in [-0.3, -0.25) is 14.5 Å². The van der Waals surface area contributed by atoms with Crippen molar-refractivity contribution in [3.8, 4) is 22.9 Å². The van der Waals surface area contributed by atoms with Gasteiger partial charge in [-0.15, -0.1) is 0 Å². The van der Waals surface area contributed by atoms with Crippen LogP contribution in [-0.4, -0.2) is 52.4 Å². The molecular weight excluding hydrogens is 513 g/mol. The number of nitrogens with two attached hydrogens (primary N) is 1. The quantitative estimate of drug-likeness (QED) is 0.396. The molecule has 0 saturated carbocycles. The number of rotatable bonds is 8. The van der Waals surface area contributed by atoms with Gasteiger partial charge in [-0.25, -0.2) is 9.97 Å². The summed E-state index contributed by atoms with van der Waals surface area (Å²) in [6.07, 6.45) is -1.85. The summed E-state index contributed by atoms with van der Waals surface area (Å²) in [5.74, 6) is 0.342. The number of hydrogen-bond donors (Lipinski definition) is 3. The summed E-state index contributed by atoms with van der Waals surface area (Å²) in [4.78, 5) is 34.6. The number of halogens is 3. The van der Waals surface area contributed by atoms with Crippen LogP contribution in [0.4, 0.5) is 19.0 Å². The van der Waals surface area contributed by atoms with Crippen LogP contribution in [0.3, 0.4) is 0 Å². The Labute approximate surface area is 222 Å².